The lowest BCUT2D eigenvalue weighted by Crippen LogP contribution is -2.06. The van der Waals surface area contributed by atoms with Crippen LogP contribution in [0.4, 0.5) is 13.2 Å². The first-order chi connectivity index (χ1) is 8.43. The highest BCUT2D eigenvalue weighted by molar-refractivity contribution is 5.88. The minimum Gasteiger partial charge on any atom is -0.507 e. The number of rotatable bonds is 2. The zero-order valence-electron chi connectivity index (χ0n) is 9.88. The molecule has 0 atom stereocenters. The van der Waals surface area contributed by atoms with Crippen LogP contribution in [0.2, 0.25) is 0 Å². The van der Waals surface area contributed by atoms with Crippen LogP contribution in [0.5, 0.6) is 5.75 Å². The van der Waals surface area contributed by atoms with Crippen LogP contribution in [-0.2, 0) is 12.6 Å². The smallest absolute Gasteiger partial charge is 0.420 e. The molecule has 18 heavy (non-hydrogen) atoms. The molecular formula is C14H13F3O. The van der Waals surface area contributed by atoms with Crippen molar-refractivity contribution in [3.63, 3.8) is 0 Å². The highest BCUT2D eigenvalue weighted by Crippen LogP contribution is 2.40. The summed E-state index contributed by atoms with van der Waals surface area (Å²) in [6.07, 6.45) is -2.77. The normalized spacial score (nSPS) is 12.0. The van der Waals surface area contributed by atoms with Crippen LogP contribution in [0.3, 0.4) is 0 Å². The van der Waals surface area contributed by atoms with Crippen LogP contribution in [-0.4, -0.2) is 5.11 Å². The van der Waals surface area contributed by atoms with Gasteiger partial charge in [0.2, 0.25) is 0 Å². The minimum absolute atomic E-state index is 0.0438. The van der Waals surface area contributed by atoms with Gasteiger partial charge in [-0.2, -0.15) is 13.2 Å². The third-order valence-corrected chi connectivity index (χ3v) is 2.88. The molecule has 1 N–H and O–H groups in total. The first-order valence-electron chi connectivity index (χ1n) is 5.75. The van der Waals surface area contributed by atoms with Gasteiger partial charge in [0, 0.05) is 0 Å². The summed E-state index contributed by atoms with van der Waals surface area (Å²) in [4.78, 5) is 0. The molecule has 0 fully saturated rings. The molecule has 0 bridgehead atoms. The second-order valence-electron chi connectivity index (χ2n) is 4.26. The van der Waals surface area contributed by atoms with Crippen molar-refractivity contribution in [3.8, 4) is 5.75 Å². The molecule has 0 amide bonds. The number of halogens is 3. The lowest BCUT2D eigenvalue weighted by molar-refractivity contribution is -0.137. The van der Waals surface area contributed by atoms with Crippen molar-refractivity contribution in [2.24, 2.45) is 0 Å². The first-order valence-corrected chi connectivity index (χ1v) is 5.75. The molecule has 0 heterocycles. The lowest BCUT2D eigenvalue weighted by Gasteiger charge is -2.13. The van der Waals surface area contributed by atoms with Crippen LogP contribution in [0.25, 0.3) is 10.8 Å². The van der Waals surface area contributed by atoms with E-state index in [2.05, 4.69) is 0 Å². The van der Waals surface area contributed by atoms with Crippen LogP contribution >= 0.6 is 0 Å². The predicted octanol–water partition coefficient (Wildman–Crippen LogP) is 4.52. The molecule has 0 aliphatic rings. The molecule has 2 aromatic carbocycles. The number of benzene rings is 2. The second-order valence-corrected chi connectivity index (χ2v) is 4.26. The van der Waals surface area contributed by atoms with Gasteiger partial charge in [-0.15, -0.1) is 0 Å². The van der Waals surface area contributed by atoms with E-state index >= 15 is 0 Å². The van der Waals surface area contributed by atoms with Gasteiger partial charge in [0.25, 0.3) is 0 Å². The number of phenols is 1. The quantitative estimate of drug-likeness (QED) is 0.835. The number of hydrogen-bond acceptors (Lipinski definition) is 1. The minimum atomic E-state index is -4.55. The molecule has 1 nitrogen and oxygen atoms in total. The van der Waals surface area contributed by atoms with Crippen LogP contribution in [0.1, 0.15) is 24.5 Å². The summed E-state index contributed by atoms with van der Waals surface area (Å²) in [5.74, 6) is -0.724. The van der Waals surface area contributed by atoms with E-state index in [0.717, 1.165) is 24.5 Å². The summed E-state index contributed by atoms with van der Waals surface area (Å²) >= 11 is 0. The van der Waals surface area contributed by atoms with E-state index in [1.165, 1.54) is 12.1 Å². The predicted molar refractivity (Wildman–Crippen MR) is 64.6 cm³/mol. The van der Waals surface area contributed by atoms with E-state index in [4.69, 9.17) is 0 Å². The Bertz CT molecular complexity index is 573. The van der Waals surface area contributed by atoms with Crippen molar-refractivity contribution >= 4 is 10.8 Å². The van der Waals surface area contributed by atoms with E-state index in [0.29, 0.717) is 5.39 Å². The van der Waals surface area contributed by atoms with Gasteiger partial charge in [0.05, 0.1) is 0 Å². The fourth-order valence-electron chi connectivity index (χ4n) is 2.11. The van der Waals surface area contributed by atoms with Gasteiger partial charge in [-0.05, 0) is 28.8 Å². The number of hydrogen-bond donors (Lipinski definition) is 1. The van der Waals surface area contributed by atoms with Crippen LogP contribution in [0, 0.1) is 0 Å². The molecule has 2 rings (SSSR count). The fraction of sp³-hybridized carbons (Fsp3) is 0.286. The van der Waals surface area contributed by atoms with E-state index in [1.807, 2.05) is 6.92 Å². The maximum absolute atomic E-state index is 12.9. The van der Waals surface area contributed by atoms with Crippen LogP contribution < -0.4 is 0 Å². The zero-order chi connectivity index (χ0) is 13.3. The molecule has 0 unspecified atom stereocenters. The average Bonchev–Trinajstić information content (AvgIpc) is 2.28. The highest BCUT2D eigenvalue weighted by atomic mass is 19.4. The third kappa shape index (κ3) is 2.28. The topological polar surface area (TPSA) is 20.2 Å². The Morgan fingerprint density at radius 1 is 1.11 bits per heavy atom. The summed E-state index contributed by atoms with van der Waals surface area (Å²) in [7, 11) is 0. The van der Waals surface area contributed by atoms with E-state index in [1.54, 1.807) is 12.1 Å². The molecule has 4 heteroatoms. The van der Waals surface area contributed by atoms with E-state index in [-0.39, 0.29) is 5.39 Å². The molecule has 0 aliphatic carbocycles. The van der Waals surface area contributed by atoms with Crippen molar-refractivity contribution < 1.29 is 18.3 Å². The largest absolute Gasteiger partial charge is 0.507 e. The van der Waals surface area contributed by atoms with E-state index < -0.39 is 17.5 Å². The first kappa shape index (κ1) is 12.7. The molecule has 0 aromatic heterocycles. The Kier molecular flexibility index (Phi) is 3.20. The fourth-order valence-corrected chi connectivity index (χ4v) is 2.11. The molecule has 0 aliphatic heterocycles. The van der Waals surface area contributed by atoms with Gasteiger partial charge in [-0.25, -0.2) is 0 Å². The van der Waals surface area contributed by atoms with Crippen molar-refractivity contribution in [2.75, 3.05) is 0 Å². The van der Waals surface area contributed by atoms with Gasteiger partial charge >= 0.3 is 6.18 Å². The highest BCUT2D eigenvalue weighted by Gasteiger charge is 2.35. The third-order valence-electron chi connectivity index (χ3n) is 2.88. The summed E-state index contributed by atoms with van der Waals surface area (Å²) in [5, 5.41) is 9.95. The molecule has 0 radical (unpaired) electrons. The maximum Gasteiger partial charge on any atom is 0.420 e. The Morgan fingerprint density at radius 3 is 2.44 bits per heavy atom. The Balaban J connectivity index is 2.67. The Hall–Kier alpha value is -1.71. The summed E-state index contributed by atoms with van der Waals surface area (Å²) < 4.78 is 38.6. The molecule has 2 aromatic rings. The molecule has 0 saturated carbocycles. The van der Waals surface area contributed by atoms with Crippen molar-refractivity contribution in [1.29, 1.82) is 0 Å². The standard InChI is InChI=1S/C14H13F3O/c1-2-3-9-4-6-11-10(8-9)5-7-12(18)13(11)14(15,16)17/h4-8,18H,2-3H2,1H3. The van der Waals surface area contributed by atoms with Gasteiger partial charge in [0.15, 0.2) is 0 Å². The average molecular weight is 254 g/mol. The maximum atomic E-state index is 12.9. The summed E-state index contributed by atoms with van der Waals surface area (Å²) in [6.45, 7) is 2.02. The lowest BCUT2D eigenvalue weighted by atomic mass is 9.99. The Labute approximate surface area is 103 Å². The second kappa shape index (κ2) is 4.52. The van der Waals surface area contributed by atoms with Gasteiger partial charge in [-0.1, -0.05) is 37.6 Å². The molecule has 96 valence electrons. The SMILES string of the molecule is CCCc1ccc2c(C(F)(F)F)c(O)ccc2c1. The number of fused-ring (bicyclic) bond motifs is 1. The number of alkyl halides is 3. The summed E-state index contributed by atoms with van der Waals surface area (Å²) in [6, 6.07) is 7.47. The van der Waals surface area contributed by atoms with Crippen molar-refractivity contribution in [3.05, 3.63) is 41.5 Å². The number of aromatic hydroxyl groups is 1. The monoisotopic (exact) mass is 254 g/mol. The van der Waals surface area contributed by atoms with Crippen molar-refractivity contribution in [1.82, 2.24) is 0 Å². The molecule has 0 saturated heterocycles. The van der Waals surface area contributed by atoms with Gasteiger partial charge < -0.3 is 5.11 Å². The van der Waals surface area contributed by atoms with E-state index in [9.17, 15) is 18.3 Å². The molecule has 0 spiro atoms. The van der Waals surface area contributed by atoms with Gasteiger partial charge in [0.1, 0.15) is 11.3 Å². The van der Waals surface area contributed by atoms with Gasteiger partial charge in [-0.3, -0.25) is 0 Å². The number of aryl methyl sites for hydroxylation is 1. The zero-order valence-corrected chi connectivity index (χ0v) is 9.88. The molecular weight excluding hydrogens is 241 g/mol. The van der Waals surface area contributed by atoms with Crippen molar-refractivity contribution in [2.45, 2.75) is 25.9 Å². The number of phenolic OH excluding ortho intramolecular Hbond substituents is 1. The van der Waals surface area contributed by atoms with Crippen LogP contribution in [0.15, 0.2) is 30.3 Å². The Morgan fingerprint density at radius 2 is 1.83 bits per heavy atom. The summed E-state index contributed by atoms with van der Waals surface area (Å²) in [5.41, 5.74) is 0.0480.